The zero-order chi connectivity index (χ0) is 14.4. The van der Waals surface area contributed by atoms with Crippen LogP contribution in [-0.4, -0.2) is 41.9 Å². The zero-order valence-electron chi connectivity index (χ0n) is 11.7. The average molecular weight is 299 g/mol. The molecule has 1 aromatic carbocycles. The molecule has 1 aliphatic rings. The van der Waals surface area contributed by atoms with Crippen molar-refractivity contribution in [1.29, 1.82) is 0 Å². The SMILES string of the molecule is CSC1CCCC1NCC(O)COc1ccccc1F. The molecule has 0 radical (unpaired) electrons. The smallest absolute Gasteiger partial charge is 0.165 e. The fourth-order valence-corrected chi connectivity index (χ4v) is 3.50. The number of halogens is 1. The van der Waals surface area contributed by atoms with Gasteiger partial charge in [-0.05, 0) is 31.2 Å². The van der Waals surface area contributed by atoms with Crippen LogP contribution >= 0.6 is 11.8 Å². The van der Waals surface area contributed by atoms with Gasteiger partial charge in [-0.1, -0.05) is 18.6 Å². The predicted molar refractivity (Wildman–Crippen MR) is 80.8 cm³/mol. The number of aliphatic hydroxyl groups is 1. The number of hydrogen-bond acceptors (Lipinski definition) is 4. The first-order valence-electron chi connectivity index (χ1n) is 7.02. The maximum Gasteiger partial charge on any atom is 0.165 e. The van der Waals surface area contributed by atoms with Gasteiger partial charge in [0, 0.05) is 17.8 Å². The number of aliphatic hydroxyl groups excluding tert-OH is 1. The normalized spacial score (nSPS) is 23.8. The van der Waals surface area contributed by atoms with E-state index in [1.54, 1.807) is 18.2 Å². The molecule has 2 N–H and O–H groups in total. The van der Waals surface area contributed by atoms with E-state index in [4.69, 9.17) is 4.74 Å². The minimum atomic E-state index is -0.627. The quantitative estimate of drug-likeness (QED) is 0.811. The molecule has 0 aliphatic heterocycles. The molecule has 1 aromatic rings. The van der Waals surface area contributed by atoms with Crippen molar-refractivity contribution in [2.75, 3.05) is 19.4 Å². The minimum Gasteiger partial charge on any atom is -0.488 e. The van der Waals surface area contributed by atoms with E-state index in [1.807, 2.05) is 11.8 Å². The molecule has 0 saturated heterocycles. The summed E-state index contributed by atoms with van der Waals surface area (Å²) in [6.45, 7) is 0.584. The summed E-state index contributed by atoms with van der Waals surface area (Å²) in [6, 6.07) is 6.71. The van der Waals surface area contributed by atoms with E-state index in [2.05, 4.69) is 11.6 Å². The highest BCUT2D eigenvalue weighted by Crippen LogP contribution is 2.28. The molecule has 1 fully saturated rings. The van der Waals surface area contributed by atoms with Crippen LogP contribution in [0.4, 0.5) is 4.39 Å². The van der Waals surface area contributed by atoms with Gasteiger partial charge in [0.15, 0.2) is 11.6 Å². The van der Waals surface area contributed by atoms with Gasteiger partial charge in [-0.15, -0.1) is 0 Å². The predicted octanol–water partition coefficient (Wildman–Crippen LogP) is 2.44. The van der Waals surface area contributed by atoms with E-state index in [-0.39, 0.29) is 12.4 Å². The largest absolute Gasteiger partial charge is 0.488 e. The lowest BCUT2D eigenvalue weighted by Crippen LogP contribution is -2.40. The highest BCUT2D eigenvalue weighted by atomic mass is 32.2. The Labute approximate surface area is 123 Å². The molecule has 0 aromatic heterocycles. The first-order chi connectivity index (χ1) is 9.70. The van der Waals surface area contributed by atoms with E-state index in [0.29, 0.717) is 17.8 Å². The number of hydrogen-bond donors (Lipinski definition) is 2. The second kappa shape index (κ2) is 7.86. The molecule has 3 nitrogen and oxygen atoms in total. The lowest BCUT2D eigenvalue weighted by atomic mass is 10.2. The molecule has 5 heteroatoms. The van der Waals surface area contributed by atoms with E-state index in [1.165, 1.54) is 18.9 Å². The van der Waals surface area contributed by atoms with Crippen LogP contribution in [0.25, 0.3) is 0 Å². The van der Waals surface area contributed by atoms with Crippen LogP contribution in [-0.2, 0) is 0 Å². The lowest BCUT2D eigenvalue weighted by Gasteiger charge is -2.21. The molecule has 0 heterocycles. The van der Waals surface area contributed by atoms with E-state index in [9.17, 15) is 9.50 Å². The molecule has 2 rings (SSSR count). The minimum absolute atomic E-state index is 0.102. The lowest BCUT2D eigenvalue weighted by molar-refractivity contribution is 0.102. The van der Waals surface area contributed by atoms with E-state index < -0.39 is 11.9 Å². The van der Waals surface area contributed by atoms with Crippen molar-refractivity contribution in [3.63, 3.8) is 0 Å². The maximum absolute atomic E-state index is 13.3. The third-order valence-electron chi connectivity index (χ3n) is 3.64. The van der Waals surface area contributed by atoms with Crippen LogP contribution in [0.3, 0.4) is 0 Å². The topological polar surface area (TPSA) is 41.5 Å². The van der Waals surface area contributed by atoms with Crippen molar-refractivity contribution >= 4 is 11.8 Å². The second-order valence-corrected chi connectivity index (χ2v) is 6.19. The van der Waals surface area contributed by atoms with Crippen LogP contribution in [0.15, 0.2) is 24.3 Å². The van der Waals surface area contributed by atoms with Crippen LogP contribution in [0.5, 0.6) is 5.75 Å². The van der Waals surface area contributed by atoms with Crippen molar-refractivity contribution in [2.24, 2.45) is 0 Å². The van der Waals surface area contributed by atoms with Crippen LogP contribution < -0.4 is 10.1 Å². The van der Waals surface area contributed by atoms with Crippen molar-refractivity contribution in [2.45, 2.75) is 36.7 Å². The third kappa shape index (κ3) is 4.36. The first kappa shape index (κ1) is 15.6. The second-order valence-electron chi connectivity index (χ2n) is 5.12. The number of para-hydroxylation sites is 1. The molecular weight excluding hydrogens is 277 g/mol. The summed E-state index contributed by atoms with van der Waals surface area (Å²) in [4.78, 5) is 0. The number of nitrogens with one attached hydrogen (secondary N) is 1. The third-order valence-corrected chi connectivity index (χ3v) is 4.81. The monoisotopic (exact) mass is 299 g/mol. The summed E-state index contributed by atoms with van der Waals surface area (Å²) in [5.41, 5.74) is 0. The number of ether oxygens (including phenoxy) is 1. The standard InChI is InChI=1S/C15H22FNO2S/c1-20-15-8-4-6-13(15)17-9-11(18)10-19-14-7-3-2-5-12(14)16/h2-3,5,7,11,13,15,17-18H,4,6,8-10H2,1H3. The van der Waals surface area contributed by atoms with Gasteiger partial charge in [-0.25, -0.2) is 4.39 Å². The molecule has 0 spiro atoms. The number of rotatable bonds is 7. The van der Waals surface area contributed by atoms with Gasteiger partial charge in [-0.3, -0.25) is 0 Å². The summed E-state index contributed by atoms with van der Waals surface area (Å²) >= 11 is 1.88. The Morgan fingerprint density at radius 3 is 3.00 bits per heavy atom. The van der Waals surface area contributed by atoms with Crippen molar-refractivity contribution in [1.82, 2.24) is 5.32 Å². The first-order valence-corrected chi connectivity index (χ1v) is 8.31. The van der Waals surface area contributed by atoms with Gasteiger partial charge in [-0.2, -0.15) is 11.8 Å². The molecule has 0 amide bonds. The summed E-state index contributed by atoms with van der Waals surface area (Å²) in [5.74, 6) is -0.208. The van der Waals surface area contributed by atoms with Crippen LogP contribution in [0.1, 0.15) is 19.3 Å². The summed E-state index contributed by atoms with van der Waals surface area (Å²) in [6.07, 6.45) is 5.14. The Hall–Kier alpha value is -0.780. The van der Waals surface area contributed by atoms with Crippen molar-refractivity contribution < 1.29 is 14.2 Å². The Morgan fingerprint density at radius 1 is 1.45 bits per heavy atom. The van der Waals surface area contributed by atoms with Gasteiger partial charge >= 0.3 is 0 Å². The highest BCUT2D eigenvalue weighted by molar-refractivity contribution is 7.99. The van der Waals surface area contributed by atoms with Crippen molar-refractivity contribution in [3.05, 3.63) is 30.1 Å². The molecule has 3 atom stereocenters. The van der Waals surface area contributed by atoms with E-state index in [0.717, 1.165) is 6.42 Å². The summed E-state index contributed by atoms with van der Waals surface area (Å²) < 4.78 is 18.6. The Morgan fingerprint density at radius 2 is 2.25 bits per heavy atom. The van der Waals surface area contributed by atoms with Gasteiger partial charge in [0.05, 0.1) is 0 Å². The van der Waals surface area contributed by atoms with E-state index >= 15 is 0 Å². The molecular formula is C15H22FNO2S. The van der Waals surface area contributed by atoms with Crippen LogP contribution in [0, 0.1) is 5.82 Å². The molecule has 0 bridgehead atoms. The maximum atomic E-state index is 13.3. The van der Waals surface area contributed by atoms with Gasteiger partial charge in [0.1, 0.15) is 12.7 Å². The molecule has 1 aliphatic carbocycles. The van der Waals surface area contributed by atoms with Crippen molar-refractivity contribution in [3.8, 4) is 5.75 Å². The average Bonchev–Trinajstić information content (AvgIpc) is 2.91. The molecule has 3 unspecified atom stereocenters. The summed E-state index contributed by atoms with van der Waals surface area (Å²) in [5, 5.41) is 13.9. The molecule has 20 heavy (non-hydrogen) atoms. The molecule has 112 valence electrons. The van der Waals surface area contributed by atoms with Crippen LogP contribution in [0.2, 0.25) is 0 Å². The van der Waals surface area contributed by atoms with Gasteiger partial charge in [0.25, 0.3) is 0 Å². The Bertz CT molecular complexity index is 419. The molecule has 1 saturated carbocycles. The number of benzene rings is 1. The summed E-state index contributed by atoms with van der Waals surface area (Å²) in [7, 11) is 0. The van der Waals surface area contributed by atoms with Gasteiger partial charge in [0.2, 0.25) is 0 Å². The fourth-order valence-electron chi connectivity index (χ4n) is 2.54. The van der Waals surface area contributed by atoms with Gasteiger partial charge < -0.3 is 15.2 Å². The zero-order valence-corrected chi connectivity index (χ0v) is 12.5. The number of thioether (sulfide) groups is 1. The Balaban J connectivity index is 1.70. The Kier molecular flexibility index (Phi) is 6.13. The fraction of sp³-hybridized carbons (Fsp3) is 0.600. The highest BCUT2D eigenvalue weighted by Gasteiger charge is 2.26.